The van der Waals surface area contributed by atoms with Gasteiger partial charge in [-0.2, -0.15) is 0 Å². The van der Waals surface area contributed by atoms with Crippen molar-refractivity contribution in [3.05, 3.63) is 29.3 Å². The molecule has 1 unspecified atom stereocenters. The zero-order valence-corrected chi connectivity index (χ0v) is 9.55. The number of nitrogens with one attached hydrogen (secondary N) is 1. The van der Waals surface area contributed by atoms with Crippen LogP contribution < -0.4 is 5.32 Å². The summed E-state index contributed by atoms with van der Waals surface area (Å²) in [6.45, 7) is 6.13. The fraction of sp³-hybridized carbons (Fsp3) is 0.538. The number of anilines is 1. The maximum Gasteiger partial charge on any atom is 0.0748 e. The Morgan fingerprint density at radius 1 is 1.40 bits per heavy atom. The summed E-state index contributed by atoms with van der Waals surface area (Å²) < 4.78 is 5.58. The SMILES string of the molecule is Cc1ccc(NCC2CCCO2)c(C)c1. The van der Waals surface area contributed by atoms with Crippen LogP contribution in [0.4, 0.5) is 5.69 Å². The molecule has 1 saturated heterocycles. The van der Waals surface area contributed by atoms with Crippen molar-refractivity contribution in [3.8, 4) is 0 Å². The normalized spacial score (nSPS) is 20.5. The van der Waals surface area contributed by atoms with Crippen molar-refractivity contribution in [2.45, 2.75) is 32.8 Å². The van der Waals surface area contributed by atoms with Gasteiger partial charge in [-0.25, -0.2) is 0 Å². The summed E-state index contributed by atoms with van der Waals surface area (Å²) in [7, 11) is 0. The predicted octanol–water partition coefficient (Wildman–Crippen LogP) is 2.89. The van der Waals surface area contributed by atoms with Crippen molar-refractivity contribution in [2.24, 2.45) is 0 Å². The highest BCUT2D eigenvalue weighted by molar-refractivity contribution is 5.51. The zero-order chi connectivity index (χ0) is 10.7. The average molecular weight is 205 g/mol. The van der Waals surface area contributed by atoms with Crippen LogP contribution in [0.3, 0.4) is 0 Å². The van der Waals surface area contributed by atoms with E-state index in [1.807, 2.05) is 0 Å². The Bertz CT molecular complexity index is 329. The molecule has 1 aliphatic rings. The summed E-state index contributed by atoms with van der Waals surface area (Å²) in [5, 5.41) is 3.46. The molecule has 0 saturated carbocycles. The summed E-state index contributed by atoms with van der Waals surface area (Å²) in [5.74, 6) is 0. The average Bonchev–Trinajstić information content (AvgIpc) is 2.69. The molecular formula is C13H19NO. The second kappa shape index (κ2) is 4.67. The van der Waals surface area contributed by atoms with E-state index in [2.05, 4.69) is 37.4 Å². The van der Waals surface area contributed by atoms with E-state index in [9.17, 15) is 0 Å². The largest absolute Gasteiger partial charge is 0.382 e. The number of hydrogen-bond donors (Lipinski definition) is 1. The molecular weight excluding hydrogens is 186 g/mol. The molecule has 1 atom stereocenters. The molecule has 0 aromatic heterocycles. The molecule has 2 heteroatoms. The van der Waals surface area contributed by atoms with Crippen LogP contribution in [-0.2, 0) is 4.74 Å². The Labute approximate surface area is 91.6 Å². The van der Waals surface area contributed by atoms with Crippen LogP contribution in [0.25, 0.3) is 0 Å². The monoisotopic (exact) mass is 205 g/mol. The number of ether oxygens (including phenoxy) is 1. The van der Waals surface area contributed by atoms with E-state index in [-0.39, 0.29) is 0 Å². The third kappa shape index (κ3) is 2.72. The maximum absolute atomic E-state index is 5.58. The van der Waals surface area contributed by atoms with Crippen LogP contribution in [0.15, 0.2) is 18.2 Å². The molecule has 1 aromatic rings. The van der Waals surface area contributed by atoms with Gasteiger partial charge in [0.05, 0.1) is 6.10 Å². The lowest BCUT2D eigenvalue weighted by Gasteiger charge is -2.14. The van der Waals surface area contributed by atoms with Crippen LogP contribution in [0.5, 0.6) is 0 Å². The van der Waals surface area contributed by atoms with Gasteiger partial charge in [-0.15, -0.1) is 0 Å². The van der Waals surface area contributed by atoms with Crippen LogP contribution in [0.1, 0.15) is 24.0 Å². The van der Waals surface area contributed by atoms with E-state index in [0.29, 0.717) is 6.10 Å². The molecule has 0 aliphatic carbocycles. The minimum Gasteiger partial charge on any atom is -0.382 e. The number of hydrogen-bond acceptors (Lipinski definition) is 2. The van der Waals surface area contributed by atoms with Crippen molar-refractivity contribution in [3.63, 3.8) is 0 Å². The van der Waals surface area contributed by atoms with E-state index >= 15 is 0 Å². The minimum atomic E-state index is 0.408. The van der Waals surface area contributed by atoms with Crippen LogP contribution in [0.2, 0.25) is 0 Å². The fourth-order valence-electron chi connectivity index (χ4n) is 2.04. The molecule has 1 fully saturated rings. The number of aryl methyl sites for hydroxylation is 2. The molecule has 2 nitrogen and oxygen atoms in total. The molecule has 1 aromatic carbocycles. The van der Waals surface area contributed by atoms with E-state index in [0.717, 1.165) is 13.2 Å². The fourth-order valence-corrected chi connectivity index (χ4v) is 2.04. The standard InChI is InChI=1S/C13H19NO/c1-10-5-6-13(11(2)8-10)14-9-12-4-3-7-15-12/h5-6,8,12,14H,3-4,7,9H2,1-2H3. The highest BCUT2D eigenvalue weighted by atomic mass is 16.5. The Hall–Kier alpha value is -1.02. The van der Waals surface area contributed by atoms with E-state index in [1.54, 1.807) is 0 Å². The number of benzene rings is 1. The van der Waals surface area contributed by atoms with Gasteiger partial charge >= 0.3 is 0 Å². The molecule has 1 aliphatic heterocycles. The van der Waals surface area contributed by atoms with Crippen LogP contribution in [-0.4, -0.2) is 19.3 Å². The van der Waals surface area contributed by atoms with Gasteiger partial charge in [0.2, 0.25) is 0 Å². The van der Waals surface area contributed by atoms with Gasteiger partial charge in [-0.3, -0.25) is 0 Å². The first-order valence-corrected chi connectivity index (χ1v) is 5.68. The van der Waals surface area contributed by atoms with Gasteiger partial charge in [-0.05, 0) is 38.3 Å². The summed E-state index contributed by atoms with van der Waals surface area (Å²) in [6.07, 6.45) is 2.81. The quantitative estimate of drug-likeness (QED) is 0.819. The number of rotatable bonds is 3. The Kier molecular flexibility index (Phi) is 3.27. The van der Waals surface area contributed by atoms with Crippen molar-refractivity contribution < 1.29 is 4.74 Å². The summed E-state index contributed by atoms with van der Waals surface area (Å²) in [4.78, 5) is 0. The molecule has 0 amide bonds. The van der Waals surface area contributed by atoms with E-state index in [1.165, 1.54) is 29.7 Å². The summed E-state index contributed by atoms with van der Waals surface area (Å²) >= 11 is 0. The van der Waals surface area contributed by atoms with Crippen molar-refractivity contribution in [2.75, 3.05) is 18.5 Å². The van der Waals surface area contributed by atoms with E-state index in [4.69, 9.17) is 4.74 Å². The second-order valence-electron chi connectivity index (χ2n) is 4.33. The van der Waals surface area contributed by atoms with Crippen molar-refractivity contribution in [1.29, 1.82) is 0 Å². The zero-order valence-electron chi connectivity index (χ0n) is 9.55. The van der Waals surface area contributed by atoms with Gasteiger partial charge in [0.1, 0.15) is 0 Å². The summed E-state index contributed by atoms with van der Waals surface area (Å²) in [6, 6.07) is 6.50. The molecule has 15 heavy (non-hydrogen) atoms. The topological polar surface area (TPSA) is 21.3 Å². The Morgan fingerprint density at radius 2 is 2.27 bits per heavy atom. The lowest BCUT2D eigenvalue weighted by Crippen LogP contribution is -2.18. The molecule has 82 valence electrons. The smallest absolute Gasteiger partial charge is 0.0748 e. The Morgan fingerprint density at radius 3 is 2.93 bits per heavy atom. The van der Waals surface area contributed by atoms with Crippen LogP contribution in [0, 0.1) is 13.8 Å². The molecule has 2 rings (SSSR count). The highest BCUT2D eigenvalue weighted by Gasteiger charge is 2.14. The van der Waals surface area contributed by atoms with Crippen molar-refractivity contribution in [1.82, 2.24) is 0 Å². The molecule has 0 bridgehead atoms. The third-order valence-corrected chi connectivity index (χ3v) is 2.93. The maximum atomic E-state index is 5.58. The van der Waals surface area contributed by atoms with Gasteiger partial charge in [0.25, 0.3) is 0 Å². The first-order chi connectivity index (χ1) is 7.25. The van der Waals surface area contributed by atoms with Crippen molar-refractivity contribution >= 4 is 5.69 Å². The lowest BCUT2D eigenvalue weighted by molar-refractivity contribution is 0.120. The van der Waals surface area contributed by atoms with Crippen LogP contribution >= 0.6 is 0 Å². The lowest BCUT2D eigenvalue weighted by atomic mass is 10.1. The minimum absolute atomic E-state index is 0.408. The third-order valence-electron chi connectivity index (χ3n) is 2.93. The first kappa shape index (κ1) is 10.5. The van der Waals surface area contributed by atoms with Gasteiger partial charge in [0, 0.05) is 18.8 Å². The Balaban J connectivity index is 1.92. The predicted molar refractivity (Wildman–Crippen MR) is 63.4 cm³/mol. The molecule has 1 heterocycles. The summed E-state index contributed by atoms with van der Waals surface area (Å²) in [5.41, 5.74) is 3.86. The van der Waals surface area contributed by atoms with E-state index < -0.39 is 0 Å². The second-order valence-corrected chi connectivity index (χ2v) is 4.33. The van der Waals surface area contributed by atoms with Gasteiger partial charge in [-0.1, -0.05) is 17.7 Å². The first-order valence-electron chi connectivity index (χ1n) is 5.68. The van der Waals surface area contributed by atoms with Gasteiger partial charge in [0.15, 0.2) is 0 Å². The molecule has 1 N–H and O–H groups in total. The highest BCUT2D eigenvalue weighted by Crippen LogP contribution is 2.18. The molecule has 0 spiro atoms. The van der Waals surface area contributed by atoms with Gasteiger partial charge < -0.3 is 10.1 Å². The molecule has 0 radical (unpaired) electrons.